The fourth-order valence-electron chi connectivity index (χ4n) is 3.26. The molecule has 0 bridgehead atoms. The van der Waals surface area contributed by atoms with E-state index in [-0.39, 0.29) is 6.10 Å². The summed E-state index contributed by atoms with van der Waals surface area (Å²) in [7, 11) is 0. The Labute approximate surface area is 147 Å². The second kappa shape index (κ2) is 8.52. The molecule has 0 saturated carbocycles. The van der Waals surface area contributed by atoms with E-state index in [1.807, 2.05) is 12.1 Å². The summed E-state index contributed by atoms with van der Waals surface area (Å²) in [4.78, 5) is 2.35. The fraction of sp³-hybridized carbons (Fsp3) is 0.400. The van der Waals surface area contributed by atoms with Crippen molar-refractivity contribution in [2.45, 2.75) is 38.6 Å². The van der Waals surface area contributed by atoms with Crippen LogP contribution in [0.2, 0.25) is 0 Å². The maximum Gasteiger partial charge on any atom is 0.126 e. The molecular formula is C20H24F2N2O. The van der Waals surface area contributed by atoms with Gasteiger partial charge in [0.1, 0.15) is 11.6 Å². The van der Waals surface area contributed by atoms with Gasteiger partial charge in [-0.3, -0.25) is 4.90 Å². The van der Waals surface area contributed by atoms with Crippen molar-refractivity contribution in [3.63, 3.8) is 0 Å². The molecule has 0 spiro atoms. The molecule has 1 saturated heterocycles. The highest BCUT2D eigenvalue weighted by Crippen LogP contribution is 2.17. The van der Waals surface area contributed by atoms with Crippen molar-refractivity contribution in [3.8, 4) is 0 Å². The second-order valence-electron chi connectivity index (χ2n) is 6.66. The highest BCUT2D eigenvalue weighted by atomic mass is 19.1. The van der Waals surface area contributed by atoms with Crippen LogP contribution in [0.25, 0.3) is 0 Å². The predicted octanol–water partition coefficient (Wildman–Crippen LogP) is 3.21. The lowest BCUT2D eigenvalue weighted by atomic mass is 10.0. The topological polar surface area (TPSA) is 35.5 Å². The Kier molecular flexibility index (Phi) is 6.13. The number of benzene rings is 2. The zero-order valence-electron chi connectivity index (χ0n) is 14.2. The van der Waals surface area contributed by atoms with E-state index in [1.54, 1.807) is 0 Å². The summed E-state index contributed by atoms with van der Waals surface area (Å²) in [6, 6.07) is 11.8. The van der Waals surface area contributed by atoms with Gasteiger partial charge in [-0.1, -0.05) is 24.3 Å². The summed E-state index contributed by atoms with van der Waals surface area (Å²) in [5.41, 5.74) is 3.03. The maximum absolute atomic E-state index is 13.2. The van der Waals surface area contributed by atoms with Crippen LogP contribution in [-0.2, 0) is 19.6 Å². The molecule has 0 aromatic heterocycles. The summed E-state index contributed by atoms with van der Waals surface area (Å²) in [6.45, 7) is 3.74. The molecule has 25 heavy (non-hydrogen) atoms. The molecule has 5 heteroatoms. The molecular weight excluding hydrogens is 322 g/mol. The first-order valence-corrected chi connectivity index (χ1v) is 8.73. The standard InChI is InChI=1S/C20H24F2N2O/c21-18-9-15(10-19(22)11-18)12-23-13-16-3-1-2-4-17(16)14-24-7-5-20(25)6-8-24/h1-4,9-11,20,23,25H,5-8,12-14H2. The van der Waals surface area contributed by atoms with E-state index < -0.39 is 11.6 Å². The Morgan fingerprint density at radius 1 is 0.960 bits per heavy atom. The summed E-state index contributed by atoms with van der Waals surface area (Å²) in [5, 5.41) is 12.9. The van der Waals surface area contributed by atoms with Crippen LogP contribution < -0.4 is 5.32 Å². The Balaban J connectivity index is 1.57. The van der Waals surface area contributed by atoms with Gasteiger partial charge in [-0.25, -0.2) is 8.78 Å². The average Bonchev–Trinajstić information content (AvgIpc) is 2.57. The molecule has 0 unspecified atom stereocenters. The number of hydrogen-bond acceptors (Lipinski definition) is 3. The second-order valence-corrected chi connectivity index (χ2v) is 6.66. The Bertz CT molecular complexity index is 680. The summed E-state index contributed by atoms with van der Waals surface area (Å²) in [5.74, 6) is -1.10. The number of aliphatic hydroxyl groups is 1. The van der Waals surface area contributed by atoms with Gasteiger partial charge in [-0.2, -0.15) is 0 Å². The van der Waals surface area contributed by atoms with E-state index in [0.29, 0.717) is 18.7 Å². The Morgan fingerprint density at radius 3 is 2.28 bits per heavy atom. The number of likely N-dealkylation sites (tertiary alicyclic amines) is 1. The van der Waals surface area contributed by atoms with E-state index in [2.05, 4.69) is 22.3 Å². The number of nitrogens with one attached hydrogen (secondary N) is 1. The van der Waals surface area contributed by atoms with Crippen molar-refractivity contribution in [3.05, 3.63) is 70.8 Å². The third kappa shape index (κ3) is 5.33. The lowest BCUT2D eigenvalue weighted by Crippen LogP contribution is -2.35. The van der Waals surface area contributed by atoms with Crippen LogP contribution in [0.5, 0.6) is 0 Å². The van der Waals surface area contributed by atoms with Gasteiger partial charge in [0.25, 0.3) is 0 Å². The summed E-state index contributed by atoms with van der Waals surface area (Å²) >= 11 is 0. The highest BCUT2D eigenvalue weighted by molar-refractivity contribution is 5.27. The number of nitrogens with zero attached hydrogens (tertiary/aromatic N) is 1. The van der Waals surface area contributed by atoms with Crippen LogP contribution in [0.4, 0.5) is 8.78 Å². The molecule has 1 heterocycles. The van der Waals surface area contributed by atoms with Crippen molar-refractivity contribution in [1.82, 2.24) is 10.2 Å². The van der Waals surface area contributed by atoms with Gasteiger partial charge < -0.3 is 10.4 Å². The van der Waals surface area contributed by atoms with Crippen LogP contribution in [-0.4, -0.2) is 29.2 Å². The van der Waals surface area contributed by atoms with Crippen LogP contribution in [0, 0.1) is 11.6 Å². The van der Waals surface area contributed by atoms with Crippen LogP contribution in [0.3, 0.4) is 0 Å². The Hall–Kier alpha value is -1.82. The molecule has 134 valence electrons. The minimum Gasteiger partial charge on any atom is -0.393 e. The summed E-state index contributed by atoms with van der Waals surface area (Å²) < 4.78 is 26.5. The van der Waals surface area contributed by atoms with Crippen molar-refractivity contribution in [1.29, 1.82) is 0 Å². The van der Waals surface area contributed by atoms with Gasteiger partial charge in [0.05, 0.1) is 6.10 Å². The monoisotopic (exact) mass is 346 g/mol. The molecule has 1 aliphatic heterocycles. The zero-order valence-corrected chi connectivity index (χ0v) is 14.2. The van der Waals surface area contributed by atoms with Crippen molar-refractivity contribution < 1.29 is 13.9 Å². The smallest absolute Gasteiger partial charge is 0.126 e. The normalized spacial score (nSPS) is 16.3. The molecule has 0 radical (unpaired) electrons. The number of halogens is 2. The van der Waals surface area contributed by atoms with Gasteiger partial charge in [-0.05, 0) is 41.7 Å². The minimum absolute atomic E-state index is 0.167. The lowest BCUT2D eigenvalue weighted by molar-refractivity contribution is 0.0791. The number of aliphatic hydroxyl groups excluding tert-OH is 1. The average molecular weight is 346 g/mol. The molecule has 2 aromatic rings. The summed E-state index contributed by atoms with van der Waals surface area (Å²) in [6.07, 6.45) is 1.48. The van der Waals surface area contributed by atoms with Gasteiger partial charge >= 0.3 is 0 Å². The molecule has 1 fully saturated rings. The third-order valence-corrected chi connectivity index (χ3v) is 4.64. The zero-order chi connectivity index (χ0) is 17.6. The van der Waals surface area contributed by atoms with E-state index in [0.717, 1.165) is 38.5 Å². The lowest BCUT2D eigenvalue weighted by Gasteiger charge is -2.30. The molecule has 2 N–H and O–H groups in total. The minimum atomic E-state index is -0.551. The molecule has 0 atom stereocenters. The van der Waals surface area contributed by atoms with Crippen molar-refractivity contribution in [2.24, 2.45) is 0 Å². The van der Waals surface area contributed by atoms with Crippen molar-refractivity contribution in [2.75, 3.05) is 13.1 Å². The Morgan fingerprint density at radius 2 is 1.60 bits per heavy atom. The van der Waals surface area contributed by atoms with Crippen LogP contribution >= 0.6 is 0 Å². The first kappa shape index (κ1) is 18.0. The van der Waals surface area contributed by atoms with E-state index in [1.165, 1.54) is 23.3 Å². The molecule has 2 aromatic carbocycles. The highest BCUT2D eigenvalue weighted by Gasteiger charge is 2.17. The molecule has 3 rings (SSSR count). The van der Waals surface area contributed by atoms with Crippen LogP contribution in [0.15, 0.2) is 42.5 Å². The largest absolute Gasteiger partial charge is 0.393 e. The SMILES string of the molecule is OC1CCN(Cc2ccccc2CNCc2cc(F)cc(F)c2)CC1. The number of rotatable bonds is 6. The van der Waals surface area contributed by atoms with Gasteiger partial charge in [0.15, 0.2) is 0 Å². The number of hydrogen-bond donors (Lipinski definition) is 2. The number of piperidine rings is 1. The molecule has 1 aliphatic rings. The van der Waals surface area contributed by atoms with Crippen LogP contribution in [0.1, 0.15) is 29.5 Å². The third-order valence-electron chi connectivity index (χ3n) is 4.64. The maximum atomic E-state index is 13.2. The van der Waals surface area contributed by atoms with Crippen molar-refractivity contribution >= 4 is 0 Å². The predicted molar refractivity (Wildman–Crippen MR) is 93.9 cm³/mol. The van der Waals surface area contributed by atoms with Gasteiger partial charge in [0.2, 0.25) is 0 Å². The van der Waals surface area contributed by atoms with E-state index in [9.17, 15) is 13.9 Å². The van der Waals surface area contributed by atoms with E-state index >= 15 is 0 Å². The quantitative estimate of drug-likeness (QED) is 0.843. The molecule has 0 aliphatic carbocycles. The molecule has 0 amide bonds. The first-order chi connectivity index (χ1) is 12.1. The van der Waals surface area contributed by atoms with Gasteiger partial charge in [0, 0.05) is 38.8 Å². The van der Waals surface area contributed by atoms with E-state index in [4.69, 9.17) is 0 Å². The molecule has 3 nitrogen and oxygen atoms in total. The first-order valence-electron chi connectivity index (χ1n) is 8.73. The van der Waals surface area contributed by atoms with Gasteiger partial charge in [-0.15, -0.1) is 0 Å². The fourth-order valence-corrected chi connectivity index (χ4v) is 3.26.